The third-order valence-electron chi connectivity index (χ3n) is 7.47. The second kappa shape index (κ2) is 22.0. The first-order valence-electron chi connectivity index (χ1n) is 14.5. The number of hydrogen-bond donors (Lipinski definition) is 0. The molecule has 1 fully saturated rings. The van der Waals surface area contributed by atoms with Gasteiger partial charge in [0.25, 0.3) is 0 Å². The van der Waals surface area contributed by atoms with Crippen molar-refractivity contribution in [3.8, 4) is 0 Å². The second-order valence-corrected chi connectivity index (χ2v) is 9.73. The first-order valence-corrected chi connectivity index (χ1v) is 14.5. The molecule has 1 saturated heterocycles. The van der Waals surface area contributed by atoms with E-state index in [0.717, 1.165) is 30.8 Å². The SMILES string of the molecule is CCCCCC(CC)[N+]1(C(CC)CCCCC)CCOCCOCCOCCOCCOCC1. The summed E-state index contributed by atoms with van der Waals surface area (Å²) in [5.74, 6) is 0. The molecule has 0 amide bonds. The van der Waals surface area contributed by atoms with Crippen molar-refractivity contribution in [3.05, 3.63) is 0 Å². The Labute approximate surface area is 211 Å². The summed E-state index contributed by atoms with van der Waals surface area (Å²) in [5.41, 5.74) is 0. The van der Waals surface area contributed by atoms with Crippen molar-refractivity contribution in [3.63, 3.8) is 0 Å². The summed E-state index contributed by atoms with van der Waals surface area (Å²) >= 11 is 0. The third kappa shape index (κ3) is 13.2. The predicted octanol–water partition coefficient (Wildman–Crippen LogP) is 5.62. The van der Waals surface area contributed by atoms with Crippen LogP contribution >= 0.6 is 0 Å². The van der Waals surface area contributed by atoms with Gasteiger partial charge in [-0.25, -0.2) is 0 Å². The molecule has 204 valence electrons. The quantitative estimate of drug-likeness (QED) is 0.264. The van der Waals surface area contributed by atoms with Crippen molar-refractivity contribution < 1.29 is 28.2 Å². The van der Waals surface area contributed by atoms with E-state index in [1.807, 2.05) is 0 Å². The summed E-state index contributed by atoms with van der Waals surface area (Å²) in [4.78, 5) is 0. The second-order valence-electron chi connectivity index (χ2n) is 9.73. The molecule has 0 radical (unpaired) electrons. The molecule has 2 atom stereocenters. The molecule has 1 rings (SSSR count). The normalized spacial score (nSPS) is 21.9. The fraction of sp³-hybridized carbons (Fsp3) is 1.00. The monoisotopic (exact) mass is 488 g/mol. The number of quaternary nitrogens is 1. The molecule has 0 spiro atoms. The lowest BCUT2D eigenvalue weighted by atomic mass is 9.93. The van der Waals surface area contributed by atoms with E-state index in [1.165, 1.54) is 64.2 Å². The van der Waals surface area contributed by atoms with Gasteiger partial charge in [0.1, 0.15) is 13.1 Å². The van der Waals surface area contributed by atoms with Crippen molar-refractivity contribution in [1.29, 1.82) is 0 Å². The summed E-state index contributed by atoms with van der Waals surface area (Å²) in [7, 11) is 0. The maximum atomic E-state index is 6.13. The molecule has 0 bridgehead atoms. The van der Waals surface area contributed by atoms with Crippen LogP contribution in [0.25, 0.3) is 0 Å². The average molecular weight is 489 g/mol. The highest BCUT2D eigenvalue weighted by molar-refractivity contribution is 4.69. The molecular weight excluding hydrogens is 430 g/mol. The van der Waals surface area contributed by atoms with Gasteiger partial charge in [-0.2, -0.15) is 0 Å². The van der Waals surface area contributed by atoms with E-state index in [2.05, 4.69) is 27.7 Å². The number of rotatable bonds is 12. The van der Waals surface area contributed by atoms with Gasteiger partial charge in [0.15, 0.2) is 0 Å². The topological polar surface area (TPSA) is 46.2 Å². The Kier molecular flexibility index (Phi) is 20.6. The molecular formula is C28H58NO5+. The maximum Gasteiger partial charge on any atom is 0.103 e. The van der Waals surface area contributed by atoms with E-state index in [0.29, 0.717) is 64.9 Å². The van der Waals surface area contributed by atoms with Gasteiger partial charge in [-0.3, -0.25) is 0 Å². The molecule has 0 aromatic carbocycles. The van der Waals surface area contributed by atoms with Gasteiger partial charge in [-0.1, -0.05) is 53.4 Å². The zero-order chi connectivity index (χ0) is 24.7. The molecule has 1 aliphatic rings. The van der Waals surface area contributed by atoms with Gasteiger partial charge in [0, 0.05) is 0 Å². The molecule has 34 heavy (non-hydrogen) atoms. The van der Waals surface area contributed by atoms with Crippen LogP contribution < -0.4 is 0 Å². The Bertz CT molecular complexity index is 399. The predicted molar refractivity (Wildman–Crippen MR) is 141 cm³/mol. The van der Waals surface area contributed by atoms with Gasteiger partial charge in [-0.05, 0) is 38.5 Å². The van der Waals surface area contributed by atoms with Crippen LogP contribution in [0.1, 0.15) is 91.9 Å². The van der Waals surface area contributed by atoms with Crippen molar-refractivity contribution in [2.24, 2.45) is 0 Å². The lowest BCUT2D eigenvalue weighted by Crippen LogP contribution is -2.64. The molecule has 0 aliphatic carbocycles. The lowest BCUT2D eigenvalue weighted by Gasteiger charge is -2.50. The van der Waals surface area contributed by atoms with Crippen molar-refractivity contribution in [2.45, 2.75) is 104 Å². The number of ether oxygens (including phenoxy) is 5. The Morgan fingerprint density at radius 2 is 0.794 bits per heavy atom. The van der Waals surface area contributed by atoms with E-state index in [-0.39, 0.29) is 0 Å². The highest BCUT2D eigenvalue weighted by atomic mass is 16.6. The van der Waals surface area contributed by atoms with Crippen molar-refractivity contribution in [1.82, 2.24) is 0 Å². The standard InChI is InChI=1S/C28H58NO5/c1-5-9-11-13-27(7-3)29(28(8-4)14-12-10-6-2)15-17-30-19-21-32-23-25-34-26-24-33-22-20-31-18-16-29/h27-28H,5-26H2,1-4H3/q+1. The van der Waals surface area contributed by atoms with Crippen LogP contribution in [0.15, 0.2) is 0 Å². The lowest BCUT2D eigenvalue weighted by molar-refractivity contribution is -0.975. The van der Waals surface area contributed by atoms with Crippen LogP contribution in [0, 0.1) is 0 Å². The Morgan fingerprint density at radius 1 is 0.471 bits per heavy atom. The molecule has 0 saturated carbocycles. The molecule has 6 nitrogen and oxygen atoms in total. The highest BCUT2D eigenvalue weighted by Crippen LogP contribution is 2.31. The first-order chi connectivity index (χ1) is 16.7. The van der Waals surface area contributed by atoms with Crippen LogP contribution in [-0.4, -0.2) is 95.7 Å². The van der Waals surface area contributed by atoms with Gasteiger partial charge >= 0.3 is 0 Å². The zero-order valence-electron chi connectivity index (χ0n) is 23.2. The minimum absolute atomic E-state index is 0.603. The zero-order valence-corrected chi connectivity index (χ0v) is 23.2. The van der Waals surface area contributed by atoms with E-state index in [1.54, 1.807) is 0 Å². The minimum atomic E-state index is 0.603. The molecule has 2 unspecified atom stereocenters. The number of unbranched alkanes of at least 4 members (excludes halogenated alkanes) is 4. The number of nitrogens with zero attached hydrogens (tertiary/aromatic N) is 1. The highest BCUT2D eigenvalue weighted by Gasteiger charge is 2.41. The van der Waals surface area contributed by atoms with Crippen LogP contribution in [0.4, 0.5) is 0 Å². The van der Waals surface area contributed by atoms with Crippen LogP contribution in [0.3, 0.4) is 0 Å². The fourth-order valence-electron chi connectivity index (χ4n) is 5.50. The van der Waals surface area contributed by atoms with E-state index >= 15 is 0 Å². The largest absolute Gasteiger partial charge is 0.377 e. The van der Waals surface area contributed by atoms with Gasteiger partial charge < -0.3 is 28.2 Å². The Morgan fingerprint density at radius 3 is 1.09 bits per heavy atom. The first kappa shape index (κ1) is 31.8. The van der Waals surface area contributed by atoms with E-state index in [4.69, 9.17) is 23.7 Å². The van der Waals surface area contributed by atoms with Gasteiger partial charge in [0.05, 0.1) is 78.2 Å². The molecule has 1 heterocycles. The molecule has 0 aromatic heterocycles. The molecule has 1 aliphatic heterocycles. The summed E-state index contributed by atoms with van der Waals surface area (Å²) in [6.07, 6.45) is 12.9. The van der Waals surface area contributed by atoms with E-state index < -0.39 is 0 Å². The van der Waals surface area contributed by atoms with Crippen LogP contribution in [0.2, 0.25) is 0 Å². The number of hydrogen-bond acceptors (Lipinski definition) is 5. The summed E-state index contributed by atoms with van der Waals surface area (Å²) < 4.78 is 30.3. The van der Waals surface area contributed by atoms with E-state index in [9.17, 15) is 0 Å². The molecule has 0 aromatic rings. The Balaban J connectivity index is 2.99. The summed E-state index contributed by atoms with van der Waals surface area (Å²) in [6.45, 7) is 18.1. The average Bonchev–Trinajstić information content (AvgIpc) is 2.85. The summed E-state index contributed by atoms with van der Waals surface area (Å²) in [5, 5.41) is 0. The van der Waals surface area contributed by atoms with Gasteiger partial charge in [-0.15, -0.1) is 0 Å². The molecule has 0 N–H and O–H groups in total. The van der Waals surface area contributed by atoms with Gasteiger partial charge in [0.2, 0.25) is 0 Å². The molecule has 6 heteroatoms. The van der Waals surface area contributed by atoms with Crippen LogP contribution in [0.5, 0.6) is 0 Å². The minimum Gasteiger partial charge on any atom is -0.377 e. The maximum absolute atomic E-state index is 6.13. The fourth-order valence-corrected chi connectivity index (χ4v) is 5.50. The van der Waals surface area contributed by atoms with Crippen molar-refractivity contribution >= 4 is 0 Å². The van der Waals surface area contributed by atoms with Crippen LogP contribution in [-0.2, 0) is 23.7 Å². The smallest absolute Gasteiger partial charge is 0.103 e. The third-order valence-corrected chi connectivity index (χ3v) is 7.47. The van der Waals surface area contributed by atoms with Crippen molar-refractivity contribution in [2.75, 3.05) is 79.2 Å². The Hall–Kier alpha value is -0.240. The summed E-state index contributed by atoms with van der Waals surface area (Å²) in [6, 6.07) is 1.33.